The smallest absolute Gasteiger partial charge is 0.161 e. The molecule has 1 fully saturated rings. The zero-order chi connectivity index (χ0) is 11.1. The van der Waals surface area contributed by atoms with Gasteiger partial charge in [0.15, 0.2) is 11.5 Å². The molecule has 0 bridgehead atoms. The second kappa shape index (κ2) is 3.42. The molecule has 0 heterocycles. The Morgan fingerprint density at radius 1 is 1.27 bits per heavy atom. The molecule has 1 saturated carbocycles. The molecule has 0 aromatic heterocycles. The van der Waals surface area contributed by atoms with Gasteiger partial charge in [-0.2, -0.15) is 0 Å². The molecule has 0 radical (unpaired) electrons. The lowest BCUT2D eigenvalue weighted by Crippen LogP contribution is -2.14. The van der Waals surface area contributed by atoms with Gasteiger partial charge < -0.3 is 15.2 Å². The van der Waals surface area contributed by atoms with Crippen molar-refractivity contribution in [2.75, 3.05) is 14.2 Å². The second-order valence-electron chi connectivity index (χ2n) is 4.30. The minimum Gasteiger partial charge on any atom is -0.493 e. The molecule has 0 aliphatic heterocycles. The Morgan fingerprint density at radius 2 is 1.87 bits per heavy atom. The maximum absolute atomic E-state index is 5.92. The molecule has 15 heavy (non-hydrogen) atoms. The molecule has 3 nitrogen and oxygen atoms in total. The molecule has 3 heteroatoms. The van der Waals surface area contributed by atoms with Gasteiger partial charge in [-0.1, -0.05) is 13.0 Å². The van der Waals surface area contributed by atoms with Gasteiger partial charge in [0, 0.05) is 11.5 Å². The minimum absolute atomic E-state index is 0.125. The summed E-state index contributed by atoms with van der Waals surface area (Å²) in [6.45, 7) is 2.18. The third-order valence-electron chi connectivity index (χ3n) is 3.35. The molecule has 2 unspecified atom stereocenters. The van der Waals surface area contributed by atoms with Crippen LogP contribution in [0.4, 0.5) is 0 Å². The van der Waals surface area contributed by atoms with Crippen LogP contribution in [0.2, 0.25) is 0 Å². The van der Waals surface area contributed by atoms with E-state index in [0.717, 1.165) is 17.9 Å². The fourth-order valence-corrected chi connectivity index (χ4v) is 1.92. The van der Waals surface area contributed by atoms with E-state index in [4.69, 9.17) is 15.2 Å². The molecule has 1 aromatic carbocycles. The van der Waals surface area contributed by atoms with Gasteiger partial charge in [0.2, 0.25) is 0 Å². The molecule has 2 N–H and O–H groups in total. The molecule has 82 valence electrons. The van der Waals surface area contributed by atoms with Crippen molar-refractivity contribution in [3.63, 3.8) is 0 Å². The predicted octanol–water partition coefficient (Wildman–Crippen LogP) is 1.69. The summed E-state index contributed by atoms with van der Waals surface area (Å²) in [5.41, 5.74) is 7.28. The molecule has 1 aromatic rings. The molecular weight excluding hydrogens is 190 g/mol. The number of benzene rings is 1. The van der Waals surface area contributed by atoms with Crippen molar-refractivity contribution in [1.82, 2.24) is 0 Å². The summed E-state index contributed by atoms with van der Waals surface area (Å²) in [5, 5.41) is 0. The van der Waals surface area contributed by atoms with E-state index in [-0.39, 0.29) is 11.5 Å². The van der Waals surface area contributed by atoms with Gasteiger partial charge >= 0.3 is 0 Å². The number of hydrogen-bond donors (Lipinski definition) is 1. The van der Waals surface area contributed by atoms with E-state index in [1.54, 1.807) is 14.2 Å². The summed E-state index contributed by atoms with van der Waals surface area (Å²) in [6.07, 6.45) is 1.04. The first kappa shape index (κ1) is 10.3. The first-order valence-corrected chi connectivity index (χ1v) is 5.10. The van der Waals surface area contributed by atoms with Crippen LogP contribution in [-0.4, -0.2) is 20.3 Å². The fourth-order valence-electron chi connectivity index (χ4n) is 1.92. The van der Waals surface area contributed by atoms with Crippen LogP contribution < -0.4 is 15.2 Å². The lowest BCUT2D eigenvalue weighted by Gasteiger charge is -2.14. The predicted molar refractivity (Wildman–Crippen MR) is 59.5 cm³/mol. The Bertz CT molecular complexity index is 378. The van der Waals surface area contributed by atoms with Crippen LogP contribution in [0, 0.1) is 0 Å². The van der Waals surface area contributed by atoms with Gasteiger partial charge in [-0.25, -0.2) is 0 Å². The quantitative estimate of drug-likeness (QED) is 0.820. The van der Waals surface area contributed by atoms with Gasteiger partial charge in [0.05, 0.1) is 14.2 Å². The van der Waals surface area contributed by atoms with Crippen molar-refractivity contribution in [3.8, 4) is 11.5 Å². The molecular formula is C12H17NO2. The third kappa shape index (κ3) is 1.57. The summed E-state index contributed by atoms with van der Waals surface area (Å²) in [5.74, 6) is 1.54. The molecule has 2 rings (SSSR count). The van der Waals surface area contributed by atoms with E-state index in [1.807, 2.05) is 12.1 Å². The van der Waals surface area contributed by atoms with Crippen LogP contribution in [-0.2, 0) is 5.41 Å². The number of ether oxygens (including phenoxy) is 2. The molecule has 0 amide bonds. The number of hydrogen-bond acceptors (Lipinski definition) is 3. The van der Waals surface area contributed by atoms with E-state index in [1.165, 1.54) is 5.56 Å². The van der Waals surface area contributed by atoms with E-state index in [2.05, 4.69) is 13.0 Å². The van der Waals surface area contributed by atoms with Gasteiger partial charge in [-0.3, -0.25) is 0 Å². The summed E-state index contributed by atoms with van der Waals surface area (Å²) in [4.78, 5) is 0. The van der Waals surface area contributed by atoms with Crippen molar-refractivity contribution >= 4 is 0 Å². The maximum Gasteiger partial charge on any atom is 0.161 e. The maximum atomic E-state index is 5.92. The van der Waals surface area contributed by atoms with E-state index >= 15 is 0 Å². The molecule has 1 aliphatic carbocycles. The van der Waals surface area contributed by atoms with E-state index in [0.29, 0.717) is 0 Å². The topological polar surface area (TPSA) is 44.5 Å². The van der Waals surface area contributed by atoms with Crippen LogP contribution in [0.25, 0.3) is 0 Å². The van der Waals surface area contributed by atoms with Crippen molar-refractivity contribution in [2.45, 2.75) is 24.8 Å². The van der Waals surface area contributed by atoms with Crippen molar-refractivity contribution < 1.29 is 9.47 Å². The average molecular weight is 207 g/mol. The first-order valence-electron chi connectivity index (χ1n) is 5.10. The molecule has 2 atom stereocenters. The van der Waals surface area contributed by atoms with Gasteiger partial charge in [0.25, 0.3) is 0 Å². The Kier molecular flexibility index (Phi) is 2.35. The lowest BCUT2D eigenvalue weighted by atomic mass is 9.97. The summed E-state index contributed by atoms with van der Waals surface area (Å²) in [6, 6.07) is 6.29. The fraction of sp³-hybridized carbons (Fsp3) is 0.500. The highest BCUT2D eigenvalue weighted by atomic mass is 16.5. The van der Waals surface area contributed by atoms with E-state index in [9.17, 15) is 0 Å². The van der Waals surface area contributed by atoms with Crippen LogP contribution in [0.5, 0.6) is 11.5 Å². The average Bonchev–Trinajstić information content (AvgIpc) is 2.87. The van der Waals surface area contributed by atoms with Gasteiger partial charge in [0.1, 0.15) is 0 Å². The van der Waals surface area contributed by atoms with E-state index < -0.39 is 0 Å². The van der Waals surface area contributed by atoms with Crippen LogP contribution >= 0.6 is 0 Å². The third-order valence-corrected chi connectivity index (χ3v) is 3.35. The minimum atomic E-state index is 0.125. The monoisotopic (exact) mass is 207 g/mol. The number of nitrogens with two attached hydrogens (primary N) is 1. The first-order chi connectivity index (χ1) is 7.11. The summed E-state index contributed by atoms with van der Waals surface area (Å²) in [7, 11) is 3.29. The number of methoxy groups -OCH3 is 2. The zero-order valence-electron chi connectivity index (χ0n) is 9.41. The highest BCUT2D eigenvalue weighted by Gasteiger charge is 2.48. The largest absolute Gasteiger partial charge is 0.493 e. The van der Waals surface area contributed by atoms with Crippen LogP contribution in [0.1, 0.15) is 18.9 Å². The highest BCUT2D eigenvalue weighted by Crippen LogP contribution is 2.48. The standard InChI is InChI=1S/C12H17NO2/c1-12(7-11(12)13)8-4-5-9(14-2)10(6-8)15-3/h4-6,11H,7,13H2,1-3H3. The Morgan fingerprint density at radius 3 is 2.33 bits per heavy atom. The SMILES string of the molecule is COc1ccc(C2(C)CC2N)cc1OC. The summed E-state index contributed by atoms with van der Waals surface area (Å²) < 4.78 is 10.5. The van der Waals surface area contributed by atoms with Crippen molar-refractivity contribution in [1.29, 1.82) is 0 Å². The highest BCUT2D eigenvalue weighted by molar-refractivity contribution is 5.47. The molecule has 0 saturated heterocycles. The second-order valence-corrected chi connectivity index (χ2v) is 4.30. The van der Waals surface area contributed by atoms with Crippen LogP contribution in [0.3, 0.4) is 0 Å². The van der Waals surface area contributed by atoms with Gasteiger partial charge in [-0.15, -0.1) is 0 Å². The normalized spacial score (nSPS) is 28.7. The van der Waals surface area contributed by atoms with Crippen molar-refractivity contribution in [3.05, 3.63) is 23.8 Å². The van der Waals surface area contributed by atoms with Gasteiger partial charge in [-0.05, 0) is 24.1 Å². The van der Waals surface area contributed by atoms with Crippen LogP contribution in [0.15, 0.2) is 18.2 Å². The Balaban J connectivity index is 2.36. The zero-order valence-corrected chi connectivity index (χ0v) is 9.41. The lowest BCUT2D eigenvalue weighted by molar-refractivity contribution is 0.354. The molecule has 0 spiro atoms. The Labute approximate surface area is 90.2 Å². The molecule has 1 aliphatic rings. The number of rotatable bonds is 3. The Hall–Kier alpha value is -1.22. The summed E-state index contributed by atoms with van der Waals surface area (Å²) >= 11 is 0. The van der Waals surface area contributed by atoms with Crippen molar-refractivity contribution in [2.24, 2.45) is 5.73 Å².